The highest BCUT2D eigenvalue weighted by atomic mass is 16.3. The standard InChI is InChI=1S/C9H16O3/c1-2-9-3-5(6(10)4-9)7(11)8(9)12/h5-8,10-12H,2-4H2,1H3. The van der Waals surface area contributed by atoms with E-state index in [0.717, 1.165) is 12.8 Å². The summed E-state index contributed by atoms with van der Waals surface area (Å²) in [6.07, 6.45) is 0.575. The summed E-state index contributed by atoms with van der Waals surface area (Å²) in [5.74, 6) is -0.0834. The third-order valence-electron chi connectivity index (χ3n) is 3.85. The molecule has 2 aliphatic carbocycles. The van der Waals surface area contributed by atoms with Crippen molar-refractivity contribution < 1.29 is 15.3 Å². The van der Waals surface area contributed by atoms with E-state index < -0.39 is 18.3 Å². The smallest absolute Gasteiger partial charge is 0.0859 e. The zero-order valence-electron chi connectivity index (χ0n) is 7.27. The summed E-state index contributed by atoms with van der Waals surface area (Å²) in [5, 5.41) is 28.8. The van der Waals surface area contributed by atoms with Gasteiger partial charge in [0.2, 0.25) is 0 Å². The van der Waals surface area contributed by atoms with Crippen molar-refractivity contribution in [2.75, 3.05) is 0 Å². The van der Waals surface area contributed by atoms with Gasteiger partial charge in [0.05, 0.1) is 18.3 Å². The summed E-state index contributed by atoms with van der Waals surface area (Å²) >= 11 is 0. The van der Waals surface area contributed by atoms with Gasteiger partial charge in [-0.1, -0.05) is 6.92 Å². The Hall–Kier alpha value is -0.120. The van der Waals surface area contributed by atoms with Crippen molar-refractivity contribution >= 4 is 0 Å². The van der Waals surface area contributed by atoms with Crippen molar-refractivity contribution in [1.82, 2.24) is 0 Å². The number of fused-ring (bicyclic) bond motifs is 2. The molecule has 5 atom stereocenters. The second-order valence-corrected chi connectivity index (χ2v) is 4.29. The average Bonchev–Trinajstić information content (AvgIpc) is 2.50. The molecule has 0 aliphatic heterocycles. The molecular weight excluding hydrogens is 156 g/mol. The molecule has 2 bridgehead atoms. The number of hydrogen-bond acceptors (Lipinski definition) is 3. The lowest BCUT2D eigenvalue weighted by Crippen LogP contribution is -2.44. The monoisotopic (exact) mass is 172 g/mol. The Labute approximate surface area is 72.0 Å². The van der Waals surface area contributed by atoms with Crippen molar-refractivity contribution in [3.05, 3.63) is 0 Å². The number of aliphatic hydroxyl groups is 3. The average molecular weight is 172 g/mol. The minimum atomic E-state index is -0.700. The quantitative estimate of drug-likeness (QED) is 0.517. The molecule has 0 aromatic rings. The highest BCUT2D eigenvalue weighted by Crippen LogP contribution is 2.55. The first-order chi connectivity index (χ1) is 5.60. The third-order valence-corrected chi connectivity index (χ3v) is 3.85. The lowest BCUT2D eigenvalue weighted by atomic mass is 9.78. The molecular formula is C9H16O3. The molecule has 0 aromatic heterocycles. The normalized spacial score (nSPS) is 58.0. The molecule has 0 aromatic carbocycles. The van der Waals surface area contributed by atoms with E-state index in [4.69, 9.17) is 0 Å². The number of rotatable bonds is 1. The van der Waals surface area contributed by atoms with Crippen LogP contribution in [0.4, 0.5) is 0 Å². The molecule has 0 spiro atoms. The molecule has 0 radical (unpaired) electrons. The van der Waals surface area contributed by atoms with E-state index >= 15 is 0 Å². The summed E-state index contributed by atoms with van der Waals surface area (Å²) in [6, 6.07) is 0. The minimum absolute atomic E-state index is 0.0834. The van der Waals surface area contributed by atoms with Gasteiger partial charge in [-0.2, -0.15) is 0 Å². The highest BCUT2D eigenvalue weighted by molar-refractivity contribution is 5.09. The maximum Gasteiger partial charge on any atom is 0.0859 e. The molecule has 12 heavy (non-hydrogen) atoms. The van der Waals surface area contributed by atoms with Crippen LogP contribution in [0.15, 0.2) is 0 Å². The Balaban J connectivity index is 2.26. The largest absolute Gasteiger partial charge is 0.393 e. The molecule has 2 rings (SSSR count). The van der Waals surface area contributed by atoms with E-state index in [0.29, 0.717) is 6.42 Å². The van der Waals surface area contributed by atoms with Gasteiger partial charge in [0, 0.05) is 11.3 Å². The first-order valence-corrected chi connectivity index (χ1v) is 4.65. The lowest BCUT2D eigenvalue weighted by Gasteiger charge is -2.34. The van der Waals surface area contributed by atoms with Crippen molar-refractivity contribution in [3.63, 3.8) is 0 Å². The molecule has 3 N–H and O–H groups in total. The van der Waals surface area contributed by atoms with Crippen LogP contribution in [-0.4, -0.2) is 33.6 Å². The SMILES string of the molecule is CCC12CC(O)C(C1)C(O)C2O. The molecule has 5 unspecified atom stereocenters. The van der Waals surface area contributed by atoms with Gasteiger partial charge in [-0.05, 0) is 19.3 Å². The Morgan fingerprint density at radius 1 is 1.25 bits per heavy atom. The van der Waals surface area contributed by atoms with Gasteiger partial charge in [-0.15, -0.1) is 0 Å². The number of hydrogen-bond donors (Lipinski definition) is 3. The Bertz CT molecular complexity index is 192. The molecule has 70 valence electrons. The van der Waals surface area contributed by atoms with Crippen molar-refractivity contribution in [2.45, 2.75) is 44.5 Å². The summed E-state index contributed by atoms with van der Waals surface area (Å²) in [4.78, 5) is 0. The van der Waals surface area contributed by atoms with Gasteiger partial charge in [0.1, 0.15) is 0 Å². The van der Waals surface area contributed by atoms with E-state index in [9.17, 15) is 15.3 Å². The molecule has 2 fully saturated rings. The molecule has 0 amide bonds. The maximum absolute atomic E-state index is 9.70. The van der Waals surface area contributed by atoms with Crippen LogP contribution < -0.4 is 0 Å². The fourth-order valence-corrected chi connectivity index (χ4v) is 2.94. The van der Waals surface area contributed by atoms with Crippen LogP contribution in [0.5, 0.6) is 0 Å². The molecule has 0 saturated heterocycles. The first kappa shape index (κ1) is 8.48. The summed E-state index contributed by atoms with van der Waals surface area (Å²) in [7, 11) is 0. The van der Waals surface area contributed by atoms with Gasteiger partial charge in [0.15, 0.2) is 0 Å². The van der Waals surface area contributed by atoms with E-state index in [2.05, 4.69) is 0 Å². The lowest BCUT2D eigenvalue weighted by molar-refractivity contribution is -0.0891. The van der Waals surface area contributed by atoms with Crippen molar-refractivity contribution in [3.8, 4) is 0 Å². The van der Waals surface area contributed by atoms with Gasteiger partial charge >= 0.3 is 0 Å². The van der Waals surface area contributed by atoms with Crippen molar-refractivity contribution in [2.24, 2.45) is 11.3 Å². The summed E-state index contributed by atoms with van der Waals surface area (Å²) in [5.41, 5.74) is -0.191. The van der Waals surface area contributed by atoms with E-state index in [1.807, 2.05) is 6.92 Å². The van der Waals surface area contributed by atoms with Crippen LogP contribution in [0.1, 0.15) is 26.2 Å². The minimum Gasteiger partial charge on any atom is -0.393 e. The van der Waals surface area contributed by atoms with Crippen LogP contribution in [0, 0.1) is 11.3 Å². The topological polar surface area (TPSA) is 60.7 Å². The Kier molecular flexibility index (Phi) is 1.72. The second kappa shape index (κ2) is 2.44. The highest BCUT2D eigenvalue weighted by Gasteiger charge is 2.59. The molecule has 2 saturated carbocycles. The maximum atomic E-state index is 9.70. The van der Waals surface area contributed by atoms with Gasteiger partial charge in [0.25, 0.3) is 0 Å². The second-order valence-electron chi connectivity index (χ2n) is 4.29. The Morgan fingerprint density at radius 3 is 2.33 bits per heavy atom. The predicted octanol–water partition coefficient (Wildman–Crippen LogP) is -0.111. The summed E-state index contributed by atoms with van der Waals surface area (Å²) < 4.78 is 0. The van der Waals surface area contributed by atoms with Crippen LogP contribution in [-0.2, 0) is 0 Å². The third kappa shape index (κ3) is 0.817. The fourth-order valence-electron chi connectivity index (χ4n) is 2.94. The van der Waals surface area contributed by atoms with Crippen LogP contribution >= 0.6 is 0 Å². The molecule has 3 nitrogen and oxygen atoms in total. The Morgan fingerprint density at radius 2 is 1.92 bits per heavy atom. The summed E-state index contributed by atoms with van der Waals surface area (Å²) in [6.45, 7) is 2.01. The van der Waals surface area contributed by atoms with Crippen LogP contribution in [0.3, 0.4) is 0 Å². The van der Waals surface area contributed by atoms with Gasteiger partial charge in [-0.25, -0.2) is 0 Å². The first-order valence-electron chi connectivity index (χ1n) is 4.65. The predicted molar refractivity (Wildman–Crippen MR) is 43.5 cm³/mol. The van der Waals surface area contributed by atoms with E-state index in [1.54, 1.807) is 0 Å². The zero-order chi connectivity index (χ0) is 8.93. The molecule has 0 heterocycles. The van der Waals surface area contributed by atoms with Crippen LogP contribution in [0.25, 0.3) is 0 Å². The zero-order valence-corrected chi connectivity index (χ0v) is 7.27. The van der Waals surface area contributed by atoms with E-state index in [-0.39, 0.29) is 11.3 Å². The molecule has 3 heteroatoms. The van der Waals surface area contributed by atoms with Gasteiger partial charge < -0.3 is 15.3 Å². The van der Waals surface area contributed by atoms with Crippen LogP contribution in [0.2, 0.25) is 0 Å². The van der Waals surface area contributed by atoms with Gasteiger partial charge in [-0.3, -0.25) is 0 Å². The van der Waals surface area contributed by atoms with Crippen molar-refractivity contribution in [1.29, 1.82) is 0 Å². The fraction of sp³-hybridized carbons (Fsp3) is 1.00. The number of aliphatic hydroxyl groups excluding tert-OH is 3. The van der Waals surface area contributed by atoms with E-state index in [1.165, 1.54) is 0 Å². The molecule has 2 aliphatic rings.